The van der Waals surface area contributed by atoms with Gasteiger partial charge in [-0.2, -0.15) is 0 Å². The van der Waals surface area contributed by atoms with Gasteiger partial charge >= 0.3 is 0 Å². The third-order valence-corrected chi connectivity index (χ3v) is 4.97. The highest BCUT2D eigenvalue weighted by atomic mass is 79.9. The maximum absolute atomic E-state index is 10.1. The van der Waals surface area contributed by atoms with E-state index in [0.717, 1.165) is 15.8 Å². The smallest absolute Gasteiger partial charge is 0.0896 e. The lowest BCUT2D eigenvalue weighted by Crippen LogP contribution is -2.19. The van der Waals surface area contributed by atoms with Crippen molar-refractivity contribution < 1.29 is 5.11 Å². The number of halogens is 1. The van der Waals surface area contributed by atoms with Gasteiger partial charge in [0.25, 0.3) is 0 Å². The zero-order chi connectivity index (χ0) is 11.6. The summed E-state index contributed by atoms with van der Waals surface area (Å²) in [6, 6.07) is 1.99. The summed E-state index contributed by atoms with van der Waals surface area (Å²) < 4.78 is 1.03. The molecule has 0 amide bonds. The van der Waals surface area contributed by atoms with Gasteiger partial charge in [-0.05, 0) is 45.1 Å². The predicted molar refractivity (Wildman–Crippen MR) is 70.2 cm³/mol. The monoisotopic (exact) mass is 290 g/mol. The second-order valence-corrected chi connectivity index (χ2v) is 6.95. The van der Waals surface area contributed by atoms with Crippen molar-refractivity contribution in [1.82, 2.24) is 0 Å². The predicted octanol–water partition coefficient (Wildman–Crippen LogP) is 4.62. The number of thiophene rings is 1. The summed E-state index contributed by atoms with van der Waals surface area (Å²) in [4.78, 5) is 1.05. The fourth-order valence-corrected chi connectivity index (χ4v) is 2.98. The summed E-state index contributed by atoms with van der Waals surface area (Å²) in [6.45, 7) is 8.85. The van der Waals surface area contributed by atoms with Crippen LogP contribution in [-0.4, -0.2) is 5.11 Å². The molecule has 1 heterocycles. The third-order valence-electron chi connectivity index (χ3n) is 3.00. The van der Waals surface area contributed by atoms with Crippen LogP contribution in [-0.2, 0) is 0 Å². The van der Waals surface area contributed by atoms with E-state index in [-0.39, 0.29) is 11.5 Å². The molecule has 0 bridgehead atoms. The highest BCUT2D eigenvalue weighted by Gasteiger charge is 2.24. The molecule has 15 heavy (non-hydrogen) atoms. The van der Waals surface area contributed by atoms with Crippen molar-refractivity contribution >= 4 is 27.3 Å². The first-order valence-corrected chi connectivity index (χ1v) is 6.90. The highest BCUT2D eigenvalue weighted by molar-refractivity contribution is 9.10. The summed E-state index contributed by atoms with van der Waals surface area (Å²) in [5, 5.41) is 12.1. The molecular weight excluding hydrogens is 272 g/mol. The van der Waals surface area contributed by atoms with Gasteiger partial charge in [-0.1, -0.05) is 27.7 Å². The van der Waals surface area contributed by atoms with Gasteiger partial charge in [0.2, 0.25) is 0 Å². The van der Waals surface area contributed by atoms with E-state index in [1.165, 1.54) is 0 Å². The molecule has 1 nitrogen and oxygen atoms in total. The van der Waals surface area contributed by atoms with E-state index in [2.05, 4.69) is 43.6 Å². The van der Waals surface area contributed by atoms with Crippen LogP contribution in [0.25, 0.3) is 0 Å². The van der Waals surface area contributed by atoms with Crippen LogP contribution in [0.15, 0.2) is 15.9 Å². The molecule has 2 unspecified atom stereocenters. The lowest BCUT2D eigenvalue weighted by Gasteiger charge is -2.28. The molecule has 0 aromatic carbocycles. The quantitative estimate of drug-likeness (QED) is 0.861. The fourth-order valence-electron chi connectivity index (χ4n) is 1.34. The van der Waals surface area contributed by atoms with Gasteiger partial charge in [-0.25, -0.2) is 0 Å². The number of aliphatic hydroxyl groups excluding tert-OH is 1. The highest BCUT2D eigenvalue weighted by Crippen LogP contribution is 2.37. The zero-order valence-electron chi connectivity index (χ0n) is 9.75. The van der Waals surface area contributed by atoms with Gasteiger partial charge in [0.05, 0.1) is 6.10 Å². The van der Waals surface area contributed by atoms with E-state index in [4.69, 9.17) is 0 Å². The Kier molecular flexibility index (Phi) is 4.38. The van der Waals surface area contributed by atoms with Crippen molar-refractivity contribution in [2.75, 3.05) is 0 Å². The summed E-state index contributed by atoms with van der Waals surface area (Å²) >= 11 is 5.07. The molecule has 2 atom stereocenters. The Hall–Kier alpha value is 0.140. The Balaban J connectivity index is 2.64. The van der Waals surface area contributed by atoms with Gasteiger partial charge in [-0.15, -0.1) is 11.3 Å². The van der Waals surface area contributed by atoms with Crippen LogP contribution in [0.1, 0.15) is 45.1 Å². The summed E-state index contributed by atoms with van der Waals surface area (Å²) in [7, 11) is 0. The van der Waals surface area contributed by atoms with Crippen LogP contribution >= 0.6 is 27.3 Å². The van der Waals surface area contributed by atoms with Gasteiger partial charge in [-0.3, -0.25) is 0 Å². The Morgan fingerprint density at radius 3 is 2.47 bits per heavy atom. The molecule has 1 aromatic heterocycles. The number of rotatable bonds is 3. The van der Waals surface area contributed by atoms with Crippen LogP contribution < -0.4 is 0 Å². The second kappa shape index (κ2) is 4.98. The van der Waals surface area contributed by atoms with E-state index in [1.54, 1.807) is 11.3 Å². The number of hydrogen-bond acceptors (Lipinski definition) is 2. The Morgan fingerprint density at radius 2 is 2.07 bits per heavy atom. The van der Waals surface area contributed by atoms with Crippen molar-refractivity contribution in [2.45, 2.75) is 40.2 Å². The molecule has 0 saturated carbocycles. The normalized spacial score (nSPS) is 16.4. The second-order valence-electron chi connectivity index (χ2n) is 5.15. The Morgan fingerprint density at radius 1 is 1.47 bits per heavy atom. The van der Waals surface area contributed by atoms with Crippen molar-refractivity contribution in [2.24, 2.45) is 11.3 Å². The van der Waals surface area contributed by atoms with E-state index < -0.39 is 0 Å². The molecule has 1 rings (SSSR count). The first kappa shape index (κ1) is 13.2. The van der Waals surface area contributed by atoms with Crippen LogP contribution in [0, 0.1) is 11.3 Å². The van der Waals surface area contributed by atoms with Crippen LogP contribution in [0.5, 0.6) is 0 Å². The van der Waals surface area contributed by atoms with E-state index >= 15 is 0 Å². The van der Waals surface area contributed by atoms with Crippen LogP contribution in [0.2, 0.25) is 0 Å². The lowest BCUT2D eigenvalue weighted by molar-refractivity contribution is 0.113. The van der Waals surface area contributed by atoms with Crippen molar-refractivity contribution in [3.8, 4) is 0 Å². The summed E-state index contributed by atoms with van der Waals surface area (Å²) in [6.07, 6.45) is 0.483. The minimum absolute atomic E-state index is 0.255. The average molecular weight is 291 g/mol. The minimum Gasteiger partial charge on any atom is -0.388 e. The SMILES string of the molecule is CC(CC(O)c1sccc1Br)C(C)(C)C. The maximum atomic E-state index is 10.1. The molecule has 0 fully saturated rings. The average Bonchev–Trinajstić information content (AvgIpc) is 2.49. The molecule has 0 aliphatic carbocycles. The summed E-state index contributed by atoms with van der Waals surface area (Å²) in [5.41, 5.74) is 0.255. The lowest BCUT2D eigenvalue weighted by atomic mass is 9.79. The van der Waals surface area contributed by atoms with Crippen LogP contribution in [0.4, 0.5) is 0 Å². The first-order chi connectivity index (χ1) is 6.82. The molecule has 0 radical (unpaired) electrons. The zero-order valence-corrected chi connectivity index (χ0v) is 12.2. The third kappa shape index (κ3) is 3.58. The fraction of sp³-hybridized carbons (Fsp3) is 0.667. The summed E-state index contributed by atoms with van der Waals surface area (Å²) in [5.74, 6) is 0.501. The van der Waals surface area contributed by atoms with E-state index in [9.17, 15) is 5.11 Å². The molecule has 0 aliphatic heterocycles. The Bertz CT molecular complexity index is 314. The Labute approximate surface area is 105 Å². The standard InChI is InChI=1S/C12H19BrOS/c1-8(12(2,3)4)7-10(14)11-9(13)5-6-15-11/h5-6,8,10,14H,7H2,1-4H3. The van der Waals surface area contributed by atoms with Crippen LogP contribution in [0.3, 0.4) is 0 Å². The van der Waals surface area contributed by atoms with Gasteiger partial charge in [0.15, 0.2) is 0 Å². The minimum atomic E-state index is -0.339. The molecule has 1 N–H and O–H groups in total. The van der Waals surface area contributed by atoms with E-state index in [1.807, 2.05) is 11.4 Å². The molecule has 0 saturated heterocycles. The number of hydrogen-bond donors (Lipinski definition) is 1. The number of aliphatic hydroxyl groups is 1. The van der Waals surface area contributed by atoms with Gasteiger partial charge in [0.1, 0.15) is 0 Å². The topological polar surface area (TPSA) is 20.2 Å². The first-order valence-electron chi connectivity index (χ1n) is 5.23. The largest absolute Gasteiger partial charge is 0.388 e. The maximum Gasteiger partial charge on any atom is 0.0896 e. The van der Waals surface area contributed by atoms with Gasteiger partial charge < -0.3 is 5.11 Å². The van der Waals surface area contributed by atoms with Crippen molar-refractivity contribution in [1.29, 1.82) is 0 Å². The molecule has 86 valence electrons. The van der Waals surface area contributed by atoms with E-state index in [0.29, 0.717) is 5.92 Å². The molecule has 0 spiro atoms. The molecular formula is C12H19BrOS. The van der Waals surface area contributed by atoms with Gasteiger partial charge in [0, 0.05) is 9.35 Å². The van der Waals surface area contributed by atoms with Crippen molar-refractivity contribution in [3.63, 3.8) is 0 Å². The molecule has 3 heteroatoms. The molecule has 0 aliphatic rings. The molecule has 1 aromatic rings. The van der Waals surface area contributed by atoms with Crippen molar-refractivity contribution in [3.05, 3.63) is 20.8 Å².